The van der Waals surface area contributed by atoms with Crippen molar-refractivity contribution in [2.75, 3.05) is 32.7 Å². The minimum absolute atomic E-state index is 0.104. The Kier molecular flexibility index (Phi) is 5.07. The second-order valence-electron chi connectivity index (χ2n) is 5.36. The maximum absolute atomic E-state index is 13.9. The van der Waals surface area contributed by atoms with E-state index in [9.17, 15) is 8.78 Å². The number of rotatable bonds is 4. The van der Waals surface area contributed by atoms with E-state index in [0.717, 1.165) is 26.2 Å². The van der Waals surface area contributed by atoms with Crippen LogP contribution in [0, 0.1) is 11.6 Å². The molecular weight excluding hydrogens is 260 g/mol. The molecule has 1 aromatic carbocycles. The molecule has 2 N–H and O–H groups in total. The van der Waals surface area contributed by atoms with Gasteiger partial charge in [0.25, 0.3) is 0 Å². The van der Waals surface area contributed by atoms with Crippen LogP contribution in [0.4, 0.5) is 8.78 Å². The van der Waals surface area contributed by atoms with E-state index in [0.29, 0.717) is 6.04 Å². The topological polar surface area (TPSA) is 32.5 Å². The Labute approximate surface area is 119 Å². The van der Waals surface area contributed by atoms with Gasteiger partial charge in [-0.25, -0.2) is 8.78 Å². The smallest absolute Gasteiger partial charge is 0.130 e. The molecule has 0 spiro atoms. The van der Waals surface area contributed by atoms with E-state index in [4.69, 9.17) is 5.73 Å². The molecule has 1 aromatic rings. The highest BCUT2D eigenvalue weighted by Gasteiger charge is 2.30. The third-order valence-electron chi connectivity index (χ3n) is 4.20. The van der Waals surface area contributed by atoms with Gasteiger partial charge in [-0.15, -0.1) is 0 Å². The fourth-order valence-electron chi connectivity index (χ4n) is 3.05. The van der Waals surface area contributed by atoms with Crippen molar-refractivity contribution < 1.29 is 8.78 Å². The van der Waals surface area contributed by atoms with E-state index in [1.807, 2.05) is 0 Å². The van der Waals surface area contributed by atoms with Crippen LogP contribution in [0.3, 0.4) is 0 Å². The van der Waals surface area contributed by atoms with E-state index in [2.05, 4.69) is 23.6 Å². The zero-order valence-electron chi connectivity index (χ0n) is 12.1. The molecule has 20 heavy (non-hydrogen) atoms. The van der Waals surface area contributed by atoms with Crippen molar-refractivity contribution in [1.82, 2.24) is 9.80 Å². The lowest BCUT2D eigenvalue weighted by molar-refractivity contribution is 0.0585. The lowest BCUT2D eigenvalue weighted by Gasteiger charge is -2.42. The van der Waals surface area contributed by atoms with Crippen LogP contribution >= 0.6 is 0 Å². The molecule has 2 atom stereocenters. The van der Waals surface area contributed by atoms with Crippen LogP contribution in [0.5, 0.6) is 0 Å². The average molecular weight is 283 g/mol. The predicted molar refractivity (Wildman–Crippen MR) is 76.4 cm³/mol. The summed E-state index contributed by atoms with van der Waals surface area (Å²) >= 11 is 0. The van der Waals surface area contributed by atoms with Gasteiger partial charge >= 0.3 is 0 Å². The van der Waals surface area contributed by atoms with Crippen LogP contribution in [0.2, 0.25) is 0 Å². The highest BCUT2D eigenvalue weighted by atomic mass is 19.1. The van der Waals surface area contributed by atoms with Gasteiger partial charge in [-0.3, -0.25) is 9.80 Å². The van der Waals surface area contributed by atoms with Crippen molar-refractivity contribution in [3.05, 3.63) is 35.4 Å². The normalized spacial score (nSPS) is 22.9. The first kappa shape index (κ1) is 15.4. The van der Waals surface area contributed by atoms with Crippen molar-refractivity contribution in [2.24, 2.45) is 5.73 Å². The van der Waals surface area contributed by atoms with Gasteiger partial charge in [-0.2, -0.15) is 0 Å². The molecule has 0 aromatic heterocycles. The zero-order valence-corrected chi connectivity index (χ0v) is 12.1. The molecule has 3 nitrogen and oxygen atoms in total. The van der Waals surface area contributed by atoms with Gasteiger partial charge in [0, 0.05) is 37.8 Å². The Morgan fingerprint density at radius 2 is 1.95 bits per heavy atom. The van der Waals surface area contributed by atoms with Crippen molar-refractivity contribution in [3.8, 4) is 0 Å². The molecule has 1 heterocycles. The summed E-state index contributed by atoms with van der Waals surface area (Å²) in [7, 11) is 0. The quantitative estimate of drug-likeness (QED) is 0.917. The number of piperazine rings is 1. The van der Waals surface area contributed by atoms with Gasteiger partial charge in [-0.1, -0.05) is 13.0 Å². The molecule has 1 aliphatic heterocycles. The fourth-order valence-corrected chi connectivity index (χ4v) is 3.05. The van der Waals surface area contributed by atoms with E-state index >= 15 is 0 Å². The SMILES string of the molecule is CCN1CCN(C(CN)c2c(F)cccc2F)CC1C. The monoisotopic (exact) mass is 283 g/mol. The number of halogens is 2. The van der Waals surface area contributed by atoms with Gasteiger partial charge in [0.05, 0.1) is 6.04 Å². The van der Waals surface area contributed by atoms with Crippen molar-refractivity contribution >= 4 is 0 Å². The van der Waals surface area contributed by atoms with Crippen LogP contribution < -0.4 is 5.73 Å². The molecule has 0 saturated carbocycles. The second-order valence-corrected chi connectivity index (χ2v) is 5.36. The standard InChI is InChI=1S/C15H23F2N3/c1-3-19-7-8-20(10-11(19)2)14(9-18)15-12(16)5-4-6-13(15)17/h4-6,11,14H,3,7-10,18H2,1-2H3. The Hall–Kier alpha value is -1.04. The summed E-state index contributed by atoms with van der Waals surface area (Å²) in [5, 5.41) is 0. The molecule has 1 saturated heterocycles. The number of nitrogens with zero attached hydrogens (tertiary/aromatic N) is 2. The minimum Gasteiger partial charge on any atom is -0.329 e. The maximum atomic E-state index is 13.9. The fraction of sp³-hybridized carbons (Fsp3) is 0.600. The molecule has 0 bridgehead atoms. The Morgan fingerprint density at radius 1 is 1.30 bits per heavy atom. The predicted octanol–water partition coefficient (Wildman–Crippen LogP) is 1.99. The average Bonchev–Trinajstić information content (AvgIpc) is 2.43. The first-order chi connectivity index (χ1) is 9.58. The van der Waals surface area contributed by atoms with Crippen molar-refractivity contribution in [3.63, 3.8) is 0 Å². The van der Waals surface area contributed by atoms with Crippen LogP contribution in [0.15, 0.2) is 18.2 Å². The summed E-state index contributed by atoms with van der Waals surface area (Å²) in [4.78, 5) is 4.46. The summed E-state index contributed by atoms with van der Waals surface area (Å²) in [6, 6.07) is 3.97. The molecule has 0 radical (unpaired) electrons. The molecule has 1 fully saturated rings. The van der Waals surface area contributed by atoms with Crippen LogP contribution in [0.1, 0.15) is 25.5 Å². The van der Waals surface area contributed by atoms with Crippen LogP contribution in [0.25, 0.3) is 0 Å². The summed E-state index contributed by atoms with van der Waals surface area (Å²) in [5.41, 5.74) is 5.90. The molecule has 1 aliphatic rings. The molecule has 0 aliphatic carbocycles. The summed E-state index contributed by atoms with van der Waals surface area (Å²) in [5.74, 6) is -1.02. The lowest BCUT2D eigenvalue weighted by Crippen LogP contribution is -2.53. The highest BCUT2D eigenvalue weighted by Crippen LogP contribution is 2.27. The third-order valence-corrected chi connectivity index (χ3v) is 4.20. The van der Waals surface area contributed by atoms with Crippen molar-refractivity contribution in [2.45, 2.75) is 25.9 Å². The van der Waals surface area contributed by atoms with E-state index in [-0.39, 0.29) is 12.1 Å². The Bertz CT molecular complexity index is 432. The second kappa shape index (κ2) is 6.61. The number of likely N-dealkylation sites (N-methyl/N-ethyl adjacent to an activating group) is 1. The molecule has 2 rings (SSSR count). The van der Waals surface area contributed by atoms with Crippen LogP contribution in [-0.4, -0.2) is 48.6 Å². The van der Waals surface area contributed by atoms with Crippen LogP contribution in [-0.2, 0) is 0 Å². The largest absolute Gasteiger partial charge is 0.329 e. The third kappa shape index (κ3) is 3.00. The van der Waals surface area contributed by atoms with Crippen molar-refractivity contribution in [1.29, 1.82) is 0 Å². The number of benzene rings is 1. The molecule has 112 valence electrons. The highest BCUT2D eigenvalue weighted by molar-refractivity contribution is 5.24. The first-order valence-electron chi connectivity index (χ1n) is 7.20. The van der Waals surface area contributed by atoms with Gasteiger partial charge in [-0.05, 0) is 25.6 Å². The lowest BCUT2D eigenvalue weighted by atomic mass is 10.0. The van der Waals surface area contributed by atoms with E-state index < -0.39 is 17.7 Å². The number of hydrogen-bond acceptors (Lipinski definition) is 3. The molecule has 2 unspecified atom stereocenters. The Morgan fingerprint density at radius 3 is 2.45 bits per heavy atom. The number of nitrogens with two attached hydrogens (primary N) is 1. The molecule has 5 heteroatoms. The summed E-state index contributed by atoms with van der Waals surface area (Å²) in [6.07, 6.45) is 0. The number of hydrogen-bond donors (Lipinski definition) is 1. The van der Waals surface area contributed by atoms with Gasteiger partial charge < -0.3 is 5.73 Å². The minimum atomic E-state index is -0.508. The Balaban J connectivity index is 2.21. The van der Waals surface area contributed by atoms with Gasteiger partial charge in [0.1, 0.15) is 11.6 Å². The maximum Gasteiger partial charge on any atom is 0.130 e. The van der Waals surface area contributed by atoms with E-state index in [1.54, 1.807) is 0 Å². The van der Waals surface area contributed by atoms with Gasteiger partial charge in [0.15, 0.2) is 0 Å². The molecule has 0 amide bonds. The molecular formula is C15H23F2N3. The van der Waals surface area contributed by atoms with Gasteiger partial charge in [0.2, 0.25) is 0 Å². The zero-order chi connectivity index (χ0) is 14.7. The summed E-state index contributed by atoms with van der Waals surface area (Å²) < 4.78 is 27.9. The summed E-state index contributed by atoms with van der Waals surface area (Å²) in [6.45, 7) is 7.96. The van der Waals surface area contributed by atoms with E-state index in [1.165, 1.54) is 18.2 Å². The first-order valence-corrected chi connectivity index (χ1v) is 7.20.